The predicted molar refractivity (Wildman–Crippen MR) is 125 cm³/mol. The molecule has 0 aliphatic rings. The lowest BCUT2D eigenvalue weighted by Crippen LogP contribution is -2.39. The smallest absolute Gasteiger partial charge is 0.242 e. The highest BCUT2D eigenvalue weighted by atomic mass is 16.5. The summed E-state index contributed by atoms with van der Waals surface area (Å²) < 4.78 is 7.40. The third kappa shape index (κ3) is 6.77. The van der Waals surface area contributed by atoms with Gasteiger partial charge in [0.05, 0.1) is 7.11 Å². The highest BCUT2D eigenvalue weighted by molar-refractivity contribution is 5.84. The molecule has 7 heteroatoms. The zero-order valence-electron chi connectivity index (χ0n) is 18.2. The summed E-state index contributed by atoms with van der Waals surface area (Å²) in [4.78, 5) is 16.5. The number of para-hydroxylation sites is 1. The van der Waals surface area contributed by atoms with Crippen molar-refractivity contribution >= 4 is 22.8 Å². The SMILES string of the molecule is CCNC(=NCC(=O)NCc1ccc(OC)cc1)NCCCn1ccc2ccccc21. The Balaban J connectivity index is 1.41. The maximum absolute atomic E-state index is 12.2. The molecule has 0 atom stereocenters. The van der Waals surface area contributed by atoms with Crippen LogP contribution in [0.1, 0.15) is 18.9 Å². The average Bonchev–Trinajstić information content (AvgIpc) is 3.22. The molecule has 2 aromatic carbocycles. The van der Waals surface area contributed by atoms with Crippen molar-refractivity contribution in [3.63, 3.8) is 0 Å². The molecule has 7 nitrogen and oxygen atoms in total. The molecule has 0 aliphatic carbocycles. The molecule has 164 valence electrons. The first-order valence-electron chi connectivity index (χ1n) is 10.6. The Bertz CT molecular complexity index is 995. The first-order chi connectivity index (χ1) is 15.2. The number of carbonyl (C=O) groups excluding carboxylic acids is 1. The second-order valence-electron chi connectivity index (χ2n) is 7.17. The summed E-state index contributed by atoms with van der Waals surface area (Å²) in [5.74, 6) is 1.33. The summed E-state index contributed by atoms with van der Waals surface area (Å²) in [6.07, 6.45) is 3.07. The zero-order valence-corrected chi connectivity index (χ0v) is 18.2. The van der Waals surface area contributed by atoms with Crippen molar-refractivity contribution in [3.8, 4) is 5.75 Å². The fraction of sp³-hybridized carbons (Fsp3) is 0.333. The van der Waals surface area contributed by atoms with Crippen LogP contribution in [-0.2, 0) is 17.9 Å². The number of aromatic nitrogens is 1. The molecule has 1 aromatic heterocycles. The molecular weight excluding hydrogens is 390 g/mol. The van der Waals surface area contributed by atoms with Gasteiger partial charge in [-0.3, -0.25) is 4.79 Å². The fourth-order valence-electron chi connectivity index (χ4n) is 3.28. The van der Waals surface area contributed by atoms with Crippen LogP contribution >= 0.6 is 0 Å². The average molecular weight is 422 g/mol. The Hall–Kier alpha value is -3.48. The summed E-state index contributed by atoms with van der Waals surface area (Å²) >= 11 is 0. The topological polar surface area (TPSA) is 79.7 Å². The number of fused-ring (bicyclic) bond motifs is 1. The van der Waals surface area contributed by atoms with Crippen molar-refractivity contribution in [1.29, 1.82) is 0 Å². The van der Waals surface area contributed by atoms with E-state index in [-0.39, 0.29) is 12.5 Å². The van der Waals surface area contributed by atoms with Crippen LogP contribution in [0.15, 0.2) is 65.8 Å². The van der Waals surface area contributed by atoms with Crippen LogP contribution in [-0.4, -0.2) is 43.2 Å². The minimum Gasteiger partial charge on any atom is -0.497 e. The van der Waals surface area contributed by atoms with Gasteiger partial charge in [0.2, 0.25) is 5.91 Å². The van der Waals surface area contributed by atoms with Gasteiger partial charge in [-0.1, -0.05) is 30.3 Å². The van der Waals surface area contributed by atoms with E-state index in [9.17, 15) is 4.79 Å². The summed E-state index contributed by atoms with van der Waals surface area (Å²) in [5.41, 5.74) is 2.26. The standard InChI is InChI=1S/C24H31N5O2/c1-3-25-24(26-14-6-15-29-16-13-20-7-4-5-8-22(20)29)28-18-23(30)27-17-19-9-11-21(31-2)12-10-19/h4-5,7-13,16H,3,6,14-15,17-18H2,1-2H3,(H,27,30)(H2,25,26,28). The van der Waals surface area contributed by atoms with E-state index in [1.165, 1.54) is 10.9 Å². The van der Waals surface area contributed by atoms with Crippen LogP contribution in [0.2, 0.25) is 0 Å². The monoisotopic (exact) mass is 421 g/mol. The Morgan fingerprint density at radius 2 is 1.84 bits per heavy atom. The molecule has 0 bridgehead atoms. The largest absolute Gasteiger partial charge is 0.497 e. The van der Waals surface area contributed by atoms with Gasteiger partial charge in [-0.2, -0.15) is 0 Å². The van der Waals surface area contributed by atoms with Gasteiger partial charge in [-0.05, 0) is 48.6 Å². The Morgan fingerprint density at radius 1 is 1.03 bits per heavy atom. The van der Waals surface area contributed by atoms with Gasteiger partial charge in [0, 0.05) is 37.9 Å². The number of guanidine groups is 1. The van der Waals surface area contributed by atoms with Crippen molar-refractivity contribution in [2.45, 2.75) is 26.4 Å². The highest BCUT2D eigenvalue weighted by Crippen LogP contribution is 2.15. The predicted octanol–water partition coefficient (Wildman–Crippen LogP) is 2.91. The van der Waals surface area contributed by atoms with E-state index in [1.54, 1.807) is 7.11 Å². The maximum Gasteiger partial charge on any atom is 0.242 e. The molecule has 3 N–H and O–H groups in total. The maximum atomic E-state index is 12.2. The first-order valence-corrected chi connectivity index (χ1v) is 10.6. The van der Waals surface area contributed by atoms with Crippen LogP contribution in [0, 0.1) is 0 Å². The van der Waals surface area contributed by atoms with Gasteiger partial charge >= 0.3 is 0 Å². The van der Waals surface area contributed by atoms with Crippen molar-refractivity contribution in [2.75, 3.05) is 26.7 Å². The molecule has 3 aromatic rings. The number of nitrogens with zero attached hydrogens (tertiary/aromatic N) is 2. The van der Waals surface area contributed by atoms with Crippen LogP contribution in [0.3, 0.4) is 0 Å². The number of aryl methyl sites for hydroxylation is 1. The molecule has 0 fully saturated rings. The van der Waals surface area contributed by atoms with E-state index in [0.717, 1.165) is 37.4 Å². The lowest BCUT2D eigenvalue weighted by atomic mass is 10.2. The van der Waals surface area contributed by atoms with Gasteiger partial charge in [0.15, 0.2) is 5.96 Å². The lowest BCUT2D eigenvalue weighted by molar-refractivity contribution is -0.119. The quantitative estimate of drug-likeness (QED) is 0.267. The molecule has 1 amide bonds. The van der Waals surface area contributed by atoms with Gasteiger partial charge in [0.25, 0.3) is 0 Å². The third-order valence-electron chi connectivity index (χ3n) is 4.92. The van der Waals surface area contributed by atoms with E-state index in [2.05, 4.69) is 62.0 Å². The molecule has 0 spiro atoms. The van der Waals surface area contributed by atoms with E-state index >= 15 is 0 Å². The minimum absolute atomic E-state index is 0.0771. The van der Waals surface area contributed by atoms with Crippen LogP contribution < -0.4 is 20.7 Å². The number of methoxy groups -OCH3 is 1. The third-order valence-corrected chi connectivity index (χ3v) is 4.92. The van der Waals surface area contributed by atoms with Crippen molar-refractivity contribution < 1.29 is 9.53 Å². The zero-order chi connectivity index (χ0) is 21.9. The number of hydrogen-bond donors (Lipinski definition) is 3. The Morgan fingerprint density at radius 3 is 2.61 bits per heavy atom. The van der Waals surface area contributed by atoms with Crippen LogP contribution in [0.4, 0.5) is 0 Å². The number of ether oxygens (including phenoxy) is 1. The fourth-order valence-corrected chi connectivity index (χ4v) is 3.28. The van der Waals surface area contributed by atoms with E-state index in [1.807, 2.05) is 31.2 Å². The highest BCUT2D eigenvalue weighted by Gasteiger charge is 2.04. The molecule has 0 radical (unpaired) electrons. The summed E-state index contributed by atoms with van der Waals surface area (Å²) in [7, 11) is 1.63. The molecular formula is C24H31N5O2. The molecule has 3 rings (SSSR count). The number of aliphatic imine (C=N–C) groups is 1. The number of benzene rings is 2. The second kappa shape index (κ2) is 11.6. The van der Waals surface area contributed by atoms with Crippen molar-refractivity contribution in [1.82, 2.24) is 20.5 Å². The number of carbonyl (C=O) groups is 1. The van der Waals surface area contributed by atoms with Gasteiger partial charge in [0.1, 0.15) is 12.3 Å². The number of amides is 1. The van der Waals surface area contributed by atoms with E-state index < -0.39 is 0 Å². The lowest BCUT2D eigenvalue weighted by Gasteiger charge is -2.12. The van der Waals surface area contributed by atoms with Crippen LogP contribution in [0.25, 0.3) is 10.9 Å². The van der Waals surface area contributed by atoms with Gasteiger partial charge in [-0.25, -0.2) is 4.99 Å². The number of hydrogen-bond acceptors (Lipinski definition) is 3. The van der Waals surface area contributed by atoms with E-state index in [4.69, 9.17) is 4.74 Å². The first kappa shape index (κ1) is 22.2. The van der Waals surface area contributed by atoms with Gasteiger partial charge in [-0.15, -0.1) is 0 Å². The Kier molecular flexibility index (Phi) is 8.34. The number of nitrogens with one attached hydrogen (secondary N) is 3. The molecule has 0 saturated heterocycles. The Labute approximate surface area is 183 Å². The molecule has 1 heterocycles. The summed E-state index contributed by atoms with van der Waals surface area (Å²) in [6.45, 7) is 4.98. The van der Waals surface area contributed by atoms with Crippen molar-refractivity contribution in [2.24, 2.45) is 4.99 Å². The molecule has 0 saturated carbocycles. The summed E-state index contributed by atoms with van der Waals surface area (Å²) in [5, 5.41) is 10.6. The number of rotatable bonds is 10. The molecule has 31 heavy (non-hydrogen) atoms. The van der Waals surface area contributed by atoms with E-state index in [0.29, 0.717) is 12.5 Å². The normalized spacial score (nSPS) is 11.4. The second-order valence-corrected chi connectivity index (χ2v) is 7.17. The molecule has 0 unspecified atom stereocenters. The molecule has 0 aliphatic heterocycles. The minimum atomic E-state index is -0.119. The van der Waals surface area contributed by atoms with Gasteiger partial charge < -0.3 is 25.3 Å². The summed E-state index contributed by atoms with van der Waals surface area (Å²) in [6, 6.07) is 18.1. The van der Waals surface area contributed by atoms with Crippen molar-refractivity contribution in [3.05, 3.63) is 66.4 Å². The van der Waals surface area contributed by atoms with Crippen LogP contribution in [0.5, 0.6) is 5.75 Å².